The zero-order chi connectivity index (χ0) is 20.1. The molecule has 3 aromatic rings. The van der Waals surface area contributed by atoms with E-state index in [-0.39, 0.29) is 22.2 Å². The Morgan fingerprint density at radius 1 is 1.11 bits per heavy atom. The number of nitrogens with zero attached hydrogens (tertiary/aromatic N) is 1. The Bertz CT molecular complexity index is 1040. The third-order valence-corrected chi connectivity index (χ3v) is 4.92. The Labute approximate surface area is 169 Å². The van der Waals surface area contributed by atoms with Crippen LogP contribution >= 0.6 is 15.9 Å². The highest BCUT2D eigenvalue weighted by Crippen LogP contribution is 2.22. The second-order valence-electron chi connectivity index (χ2n) is 6.30. The van der Waals surface area contributed by atoms with Gasteiger partial charge in [0, 0.05) is 24.4 Å². The van der Waals surface area contributed by atoms with Gasteiger partial charge in [0.2, 0.25) is 0 Å². The Balaban J connectivity index is 1.75. The fourth-order valence-corrected chi connectivity index (χ4v) is 3.27. The first-order chi connectivity index (χ1) is 13.5. The average molecular weight is 449 g/mol. The molecule has 1 heterocycles. The fourth-order valence-electron chi connectivity index (χ4n) is 2.80. The molecule has 0 aliphatic heterocycles. The molecule has 0 spiro atoms. The molecule has 146 valence electrons. The third-order valence-electron chi connectivity index (χ3n) is 4.19. The summed E-state index contributed by atoms with van der Waals surface area (Å²) in [4.78, 5) is 12.6. The summed E-state index contributed by atoms with van der Waals surface area (Å²) in [5, 5.41) is 3.10. The summed E-state index contributed by atoms with van der Waals surface area (Å²) in [6.45, 7) is 1.06. The lowest BCUT2D eigenvalue weighted by Gasteiger charge is -2.12. The highest BCUT2D eigenvalue weighted by Gasteiger charge is 2.11. The lowest BCUT2D eigenvalue weighted by atomic mass is 10.1. The molecule has 0 fully saturated rings. The van der Waals surface area contributed by atoms with Gasteiger partial charge in [-0.2, -0.15) is 0 Å². The summed E-state index contributed by atoms with van der Waals surface area (Å²) in [5.74, 6) is -1.04. The number of rotatable bonds is 7. The molecular weight excluding hydrogens is 430 g/mol. The van der Waals surface area contributed by atoms with E-state index in [0.717, 1.165) is 29.8 Å². The molecule has 3 rings (SSSR count). The maximum absolute atomic E-state index is 13.7. The maximum atomic E-state index is 13.7. The lowest BCUT2D eigenvalue weighted by molar-refractivity contribution is 0.296. The van der Waals surface area contributed by atoms with Crippen LogP contribution in [0.1, 0.15) is 16.7 Å². The summed E-state index contributed by atoms with van der Waals surface area (Å²) >= 11 is 3.27. The first kappa shape index (κ1) is 20.2. The number of hydrogen-bond donors (Lipinski definition) is 1. The molecule has 1 N–H and O–H groups in total. The van der Waals surface area contributed by atoms with Crippen molar-refractivity contribution in [2.24, 2.45) is 0 Å². The van der Waals surface area contributed by atoms with Crippen LogP contribution in [0.4, 0.5) is 8.78 Å². The predicted octanol–water partition coefficient (Wildman–Crippen LogP) is 4.24. The van der Waals surface area contributed by atoms with Gasteiger partial charge in [-0.1, -0.05) is 24.3 Å². The van der Waals surface area contributed by atoms with Crippen LogP contribution in [0.25, 0.3) is 0 Å². The Hall–Kier alpha value is -2.51. The van der Waals surface area contributed by atoms with Crippen molar-refractivity contribution >= 4 is 15.9 Å². The number of aromatic nitrogens is 1. The molecule has 0 unspecified atom stereocenters. The van der Waals surface area contributed by atoms with Crippen LogP contribution in [-0.2, 0) is 19.7 Å². The lowest BCUT2D eigenvalue weighted by Crippen LogP contribution is -2.21. The summed E-state index contributed by atoms with van der Waals surface area (Å²) < 4.78 is 34.1. The molecule has 0 saturated carbocycles. The molecule has 4 nitrogen and oxygen atoms in total. The molecule has 0 amide bonds. The topological polar surface area (TPSA) is 43.3 Å². The van der Waals surface area contributed by atoms with Crippen LogP contribution < -0.4 is 15.6 Å². The number of nitrogens with one attached hydrogen (secondary N) is 1. The zero-order valence-electron chi connectivity index (χ0n) is 15.2. The first-order valence-corrected chi connectivity index (χ1v) is 9.45. The number of ether oxygens (including phenoxy) is 1. The van der Waals surface area contributed by atoms with Gasteiger partial charge < -0.3 is 14.6 Å². The van der Waals surface area contributed by atoms with E-state index in [0.29, 0.717) is 12.3 Å². The Morgan fingerprint density at radius 2 is 1.89 bits per heavy atom. The van der Waals surface area contributed by atoms with Crippen molar-refractivity contribution in [3.8, 4) is 5.75 Å². The summed E-state index contributed by atoms with van der Waals surface area (Å²) in [6, 6.07) is 12.9. The molecule has 0 atom stereocenters. The fraction of sp³-hybridized carbons (Fsp3) is 0.190. The molecule has 0 bridgehead atoms. The number of halogens is 3. The van der Waals surface area contributed by atoms with Crippen LogP contribution in [0.15, 0.2) is 64.0 Å². The van der Waals surface area contributed by atoms with Crippen molar-refractivity contribution in [3.05, 3.63) is 97.9 Å². The quantitative estimate of drug-likeness (QED) is 0.587. The van der Waals surface area contributed by atoms with Crippen molar-refractivity contribution in [1.82, 2.24) is 9.88 Å². The Kier molecular flexibility index (Phi) is 6.59. The molecular formula is C21H19BrF2N2O2. The van der Waals surface area contributed by atoms with Gasteiger partial charge in [-0.05, 0) is 52.3 Å². The number of hydrogen-bond acceptors (Lipinski definition) is 3. The minimum Gasteiger partial charge on any atom is -0.487 e. The van der Waals surface area contributed by atoms with Crippen molar-refractivity contribution in [2.75, 3.05) is 7.05 Å². The minimum atomic E-state index is -0.689. The molecule has 0 aliphatic rings. The molecule has 0 radical (unpaired) electrons. The normalized spacial score (nSPS) is 10.9. The first-order valence-electron chi connectivity index (χ1n) is 8.66. The highest BCUT2D eigenvalue weighted by molar-refractivity contribution is 9.10. The average Bonchev–Trinajstić information content (AvgIpc) is 2.67. The molecule has 7 heteroatoms. The molecule has 28 heavy (non-hydrogen) atoms. The van der Waals surface area contributed by atoms with E-state index in [1.165, 1.54) is 6.07 Å². The zero-order valence-corrected chi connectivity index (χ0v) is 16.8. The van der Waals surface area contributed by atoms with Crippen LogP contribution in [0.2, 0.25) is 0 Å². The SMILES string of the molecule is CNCc1cccc(Cn2ccc(OCc3ccc(F)cc3F)c(Br)c2=O)c1. The molecule has 1 aromatic heterocycles. The smallest absolute Gasteiger partial charge is 0.268 e. The van der Waals surface area contributed by atoms with Crippen molar-refractivity contribution in [2.45, 2.75) is 19.7 Å². The number of pyridine rings is 1. The van der Waals surface area contributed by atoms with Gasteiger partial charge >= 0.3 is 0 Å². The molecule has 0 saturated heterocycles. The second-order valence-corrected chi connectivity index (χ2v) is 7.09. The van der Waals surface area contributed by atoms with Gasteiger partial charge in [0.15, 0.2) is 0 Å². The minimum absolute atomic E-state index is 0.111. The second kappa shape index (κ2) is 9.12. The van der Waals surface area contributed by atoms with E-state index in [1.54, 1.807) is 16.8 Å². The van der Waals surface area contributed by atoms with Gasteiger partial charge in [0.05, 0.1) is 6.54 Å². The van der Waals surface area contributed by atoms with Crippen LogP contribution in [0.5, 0.6) is 5.75 Å². The van der Waals surface area contributed by atoms with Crippen LogP contribution in [0.3, 0.4) is 0 Å². The van der Waals surface area contributed by atoms with Crippen LogP contribution in [-0.4, -0.2) is 11.6 Å². The largest absolute Gasteiger partial charge is 0.487 e. The van der Waals surface area contributed by atoms with Gasteiger partial charge in [-0.25, -0.2) is 8.78 Å². The third kappa shape index (κ3) is 4.85. The number of benzene rings is 2. The van der Waals surface area contributed by atoms with Gasteiger partial charge in [-0.3, -0.25) is 4.79 Å². The van der Waals surface area contributed by atoms with Crippen molar-refractivity contribution < 1.29 is 13.5 Å². The summed E-state index contributed by atoms with van der Waals surface area (Å²) in [6.07, 6.45) is 1.63. The van der Waals surface area contributed by atoms with Gasteiger partial charge in [0.25, 0.3) is 5.56 Å². The molecule has 0 aliphatic carbocycles. The summed E-state index contributed by atoms with van der Waals surface area (Å²) in [7, 11) is 1.88. The van der Waals surface area contributed by atoms with E-state index < -0.39 is 11.6 Å². The highest BCUT2D eigenvalue weighted by atomic mass is 79.9. The van der Waals surface area contributed by atoms with Crippen LogP contribution in [0, 0.1) is 11.6 Å². The van der Waals surface area contributed by atoms with E-state index in [1.807, 2.05) is 31.3 Å². The Morgan fingerprint density at radius 3 is 2.64 bits per heavy atom. The summed E-state index contributed by atoms with van der Waals surface area (Å²) in [5.41, 5.74) is 2.09. The van der Waals surface area contributed by atoms with Crippen molar-refractivity contribution in [3.63, 3.8) is 0 Å². The van der Waals surface area contributed by atoms with E-state index in [9.17, 15) is 13.6 Å². The van der Waals surface area contributed by atoms with E-state index in [2.05, 4.69) is 21.2 Å². The van der Waals surface area contributed by atoms with Gasteiger partial charge in [-0.15, -0.1) is 0 Å². The predicted molar refractivity (Wildman–Crippen MR) is 107 cm³/mol. The van der Waals surface area contributed by atoms with E-state index >= 15 is 0 Å². The standard InChI is InChI=1S/C21H19BrF2N2O2/c1-25-11-14-3-2-4-15(9-14)12-26-8-7-19(20(22)21(26)27)28-13-16-5-6-17(23)10-18(16)24/h2-10,25H,11-13H2,1H3. The monoisotopic (exact) mass is 448 g/mol. The van der Waals surface area contributed by atoms with Gasteiger partial charge in [0.1, 0.15) is 28.5 Å². The van der Waals surface area contributed by atoms with Crippen molar-refractivity contribution in [1.29, 1.82) is 0 Å². The van der Waals surface area contributed by atoms with E-state index in [4.69, 9.17) is 4.74 Å². The maximum Gasteiger partial charge on any atom is 0.268 e. The molecule has 2 aromatic carbocycles.